The van der Waals surface area contributed by atoms with Gasteiger partial charge in [0.05, 0.1) is 6.10 Å². The molecule has 3 N–H and O–H groups in total. The molecule has 0 fully saturated rings. The summed E-state index contributed by atoms with van der Waals surface area (Å²) in [5.74, 6) is 0. The Hall–Kier alpha value is -1.06. The minimum Gasteiger partial charge on any atom is -0.387 e. The number of aliphatic hydroxyl groups excluding tert-OH is 1. The van der Waals surface area contributed by atoms with Crippen molar-refractivity contribution in [3.05, 3.63) is 69.7 Å². The summed E-state index contributed by atoms with van der Waals surface area (Å²) in [5, 5.41) is 11.2. The highest BCUT2D eigenvalue weighted by Gasteiger charge is 2.22. The van der Waals surface area contributed by atoms with Gasteiger partial charge in [-0.25, -0.2) is 0 Å². The van der Waals surface area contributed by atoms with E-state index in [1.54, 1.807) is 18.2 Å². The molecule has 4 heteroatoms. The van der Waals surface area contributed by atoms with Gasteiger partial charge in [-0.2, -0.15) is 0 Å². The maximum Gasteiger partial charge on any atom is 0.0972 e. The zero-order valence-electron chi connectivity index (χ0n) is 10.3. The van der Waals surface area contributed by atoms with E-state index in [0.717, 1.165) is 5.56 Å². The van der Waals surface area contributed by atoms with E-state index in [4.69, 9.17) is 28.9 Å². The monoisotopic (exact) mass is 295 g/mol. The van der Waals surface area contributed by atoms with Crippen molar-refractivity contribution in [3.8, 4) is 0 Å². The van der Waals surface area contributed by atoms with Crippen molar-refractivity contribution in [2.24, 2.45) is 5.73 Å². The molecule has 0 amide bonds. The number of rotatable bonds is 4. The van der Waals surface area contributed by atoms with Crippen molar-refractivity contribution < 1.29 is 5.11 Å². The van der Waals surface area contributed by atoms with Gasteiger partial charge in [0, 0.05) is 21.7 Å². The molecule has 0 heterocycles. The molecule has 2 rings (SSSR count). The Morgan fingerprint density at radius 3 is 2.11 bits per heavy atom. The van der Waals surface area contributed by atoms with Crippen LogP contribution in [0.3, 0.4) is 0 Å². The van der Waals surface area contributed by atoms with Gasteiger partial charge < -0.3 is 10.8 Å². The second-order valence-corrected chi connectivity index (χ2v) is 5.25. The summed E-state index contributed by atoms with van der Waals surface area (Å²) < 4.78 is 0. The molecule has 0 radical (unpaired) electrons. The summed E-state index contributed by atoms with van der Waals surface area (Å²) in [6.07, 6.45) is -0.329. The van der Waals surface area contributed by atoms with Gasteiger partial charge in [0.2, 0.25) is 0 Å². The zero-order valence-corrected chi connectivity index (χ0v) is 11.8. The van der Waals surface area contributed by atoms with Crippen molar-refractivity contribution in [1.29, 1.82) is 0 Å². The minimum absolute atomic E-state index is 0.434. The van der Waals surface area contributed by atoms with Crippen molar-refractivity contribution >= 4 is 23.2 Å². The van der Waals surface area contributed by atoms with Crippen LogP contribution < -0.4 is 5.73 Å². The second-order valence-electron chi connectivity index (χ2n) is 4.43. The first-order chi connectivity index (χ1) is 9.09. The largest absolute Gasteiger partial charge is 0.387 e. The van der Waals surface area contributed by atoms with Crippen molar-refractivity contribution in [2.45, 2.75) is 18.6 Å². The van der Waals surface area contributed by atoms with Crippen LogP contribution in [0.15, 0.2) is 48.5 Å². The summed E-state index contributed by atoms with van der Waals surface area (Å²) in [6.45, 7) is 0. The van der Waals surface area contributed by atoms with Gasteiger partial charge in [-0.05, 0) is 24.1 Å². The van der Waals surface area contributed by atoms with Gasteiger partial charge in [-0.1, -0.05) is 59.6 Å². The van der Waals surface area contributed by atoms with E-state index in [-0.39, 0.29) is 0 Å². The third kappa shape index (κ3) is 3.48. The molecular formula is C15H15Cl2NO. The van der Waals surface area contributed by atoms with Crippen LogP contribution in [0.25, 0.3) is 0 Å². The lowest BCUT2D eigenvalue weighted by atomic mass is 9.97. The molecule has 2 atom stereocenters. The molecule has 2 unspecified atom stereocenters. The first kappa shape index (κ1) is 14.4. The zero-order chi connectivity index (χ0) is 13.8. The van der Waals surface area contributed by atoms with Crippen LogP contribution in [0.5, 0.6) is 0 Å². The number of hydrogen-bond acceptors (Lipinski definition) is 2. The van der Waals surface area contributed by atoms with E-state index in [1.165, 1.54) is 0 Å². The summed E-state index contributed by atoms with van der Waals surface area (Å²) in [4.78, 5) is 0. The molecule has 0 aliphatic heterocycles. The van der Waals surface area contributed by atoms with Crippen LogP contribution >= 0.6 is 23.2 Å². The Bertz CT molecular complexity index is 525. The number of nitrogens with two attached hydrogens (primary N) is 1. The normalized spacial score (nSPS) is 14.1. The molecule has 0 aliphatic rings. The van der Waals surface area contributed by atoms with E-state index >= 15 is 0 Å². The molecule has 100 valence electrons. The Morgan fingerprint density at radius 1 is 0.947 bits per heavy atom. The fourth-order valence-corrected chi connectivity index (χ4v) is 2.63. The highest BCUT2D eigenvalue weighted by molar-refractivity contribution is 6.36. The average molecular weight is 296 g/mol. The molecule has 19 heavy (non-hydrogen) atoms. The van der Waals surface area contributed by atoms with Gasteiger partial charge in [0.15, 0.2) is 0 Å². The Morgan fingerprint density at radius 2 is 1.53 bits per heavy atom. The summed E-state index contributed by atoms with van der Waals surface area (Å²) >= 11 is 12.1. The SMILES string of the molecule is NC(Cc1ccccc1)C(O)c1c(Cl)cccc1Cl. The smallest absolute Gasteiger partial charge is 0.0972 e. The predicted octanol–water partition coefficient (Wildman–Crippen LogP) is 3.60. The van der Waals surface area contributed by atoms with Crippen LogP contribution in [0, 0.1) is 0 Å². The lowest BCUT2D eigenvalue weighted by Gasteiger charge is -2.21. The van der Waals surface area contributed by atoms with Gasteiger partial charge in [0.1, 0.15) is 0 Å². The lowest BCUT2D eigenvalue weighted by Crippen LogP contribution is -2.31. The number of hydrogen-bond donors (Lipinski definition) is 2. The van der Waals surface area contributed by atoms with Crippen LogP contribution in [0.4, 0.5) is 0 Å². The Balaban J connectivity index is 2.17. The van der Waals surface area contributed by atoms with E-state index in [2.05, 4.69) is 0 Å². The van der Waals surface area contributed by atoms with Crippen LogP contribution in [-0.4, -0.2) is 11.1 Å². The van der Waals surface area contributed by atoms with Crippen molar-refractivity contribution in [1.82, 2.24) is 0 Å². The highest BCUT2D eigenvalue weighted by atomic mass is 35.5. The van der Waals surface area contributed by atoms with E-state index < -0.39 is 12.1 Å². The predicted molar refractivity (Wildman–Crippen MR) is 79.5 cm³/mol. The maximum atomic E-state index is 10.3. The van der Waals surface area contributed by atoms with E-state index in [9.17, 15) is 5.11 Å². The van der Waals surface area contributed by atoms with Crippen molar-refractivity contribution in [3.63, 3.8) is 0 Å². The second kappa shape index (κ2) is 6.40. The third-order valence-electron chi connectivity index (χ3n) is 3.02. The number of benzene rings is 2. The Labute approximate surface area is 122 Å². The summed E-state index contributed by atoms with van der Waals surface area (Å²) in [5.41, 5.74) is 7.61. The number of aliphatic hydroxyl groups is 1. The molecule has 2 aromatic carbocycles. The van der Waals surface area contributed by atoms with Crippen LogP contribution in [-0.2, 0) is 6.42 Å². The van der Waals surface area contributed by atoms with Gasteiger partial charge in [-0.15, -0.1) is 0 Å². The first-order valence-electron chi connectivity index (χ1n) is 6.01. The molecule has 0 saturated heterocycles. The summed E-state index contributed by atoms with van der Waals surface area (Å²) in [7, 11) is 0. The van der Waals surface area contributed by atoms with Crippen LogP contribution in [0.2, 0.25) is 10.0 Å². The molecule has 0 saturated carbocycles. The molecule has 0 aromatic heterocycles. The maximum absolute atomic E-state index is 10.3. The van der Waals surface area contributed by atoms with E-state index in [1.807, 2.05) is 30.3 Å². The number of halogens is 2. The van der Waals surface area contributed by atoms with Crippen molar-refractivity contribution in [2.75, 3.05) is 0 Å². The highest BCUT2D eigenvalue weighted by Crippen LogP contribution is 2.32. The molecule has 0 aliphatic carbocycles. The first-order valence-corrected chi connectivity index (χ1v) is 6.76. The standard InChI is InChI=1S/C15H15Cl2NO/c16-11-7-4-8-12(17)14(11)15(19)13(18)9-10-5-2-1-3-6-10/h1-8,13,15,19H,9,18H2. The van der Waals surface area contributed by atoms with Crippen LogP contribution in [0.1, 0.15) is 17.2 Å². The third-order valence-corrected chi connectivity index (χ3v) is 3.67. The molecule has 0 spiro atoms. The molecule has 0 bridgehead atoms. The minimum atomic E-state index is -0.888. The molecular weight excluding hydrogens is 281 g/mol. The van der Waals surface area contributed by atoms with Gasteiger partial charge in [-0.3, -0.25) is 0 Å². The Kier molecular flexibility index (Phi) is 4.83. The average Bonchev–Trinajstić information content (AvgIpc) is 2.39. The quantitative estimate of drug-likeness (QED) is 0.905. The van der Waals surface area contributed by atoms with Gasteiger partial charge in [0.25, 0.3) is 0 Å². The molecule has 2 nitrogen and oxygen atoms in total. The summed E-state index contributed by atoms with van der Waals surface area (Å²) in [6, 6.07) is 14.4. The van der Waals surface area contributed by atoms with Gasteiger partial charge >= 0.3 is 0 Å². The fourth-order valence-electron chi connectivity index (χ4n) is 2.01. The van der Waals surface area contributed by atoms with E-state index in [0.29, 0.717) is 22.0 Å². The lowest BCUT2D eigenvalue weighted by molar-refractivity contribution is 0.146. The topological polar surface area (TPSA) is 46.2 Å². The fraction of sp³-hybridized carbons (Fsp3) is 0.200. The molecule has 2 aromatic rings.